The molecule has 2 aromatic carbocycles. The van der Waals surface area contributed by atoms with Crippen molar-refractivity contribution < 1.29 is 14.3 Å². The summed E-state index contributed by atoms with van der Waals surface area (Å²) in [6.45, 7) is 12.1. The third-order valence-electron chi connectivity index (χ3n) is 5.01. The Balaban J connectivity index is 2.18. The van der Waals surface area contributed by atoms with Gasteiger partial charge in [-0.05, 0) is 77.5 Å². The monoisotopic (exact) mass is 566 g/mol. The second-order valence-corrected chi connectivity index (χ2v) is 10.9. The van der Waals surface area contributed by atoms with E-state index >= 15 is 0 Å². The third-order valence-corrected chi connectivity index (χ3v) is 6.16. The van der Waals surface area contributed by atoms with Crippen LogP contribution in [0.1, 0.15) is 52.7 Å². The molecule has 0 spiro atoms. The van der Waals surface area contributed by atoms with E-state index in [2.05, 4.69) is 57.9 Å². The highest BCUT2D eigenvalue weighted by molar-refractivity contribution is 9.10. The average Bonchev–Trinajstić information content (AvgIpc) is 2.70. The molecule has 0 saturated carbocycles. The van der Waals surface area contributed by atoms with Gasteiger partial charge in [-0.15, -0.1) is 0 Å². The Kier molecular flexibility index (Phi) is 9.34. The molecule has 0 saturated heterocycles. The highest BCUT2D eigenvalue weighted by Gasteiger charge is 2.27. The molecular weight excluding hydrogens is 536 g/mol. The van der Waals surface area contributed by atoms with Crippen LogP contribution in [0, 0.1) is 0 Å². The standard InChI is InChI=1S/C25H32Br2N2O3/c1-16(2)28-24(31)17(3)29(14-18-7-10-20(26)11-8-18)23(30)15-32-22-12-9-19(13-21(22)27)25(4,5)6/h7-13,16-17H,14-15H2,1-6H3,(H,28,31). The summed E-state index contributed by atoms with van der Waals surface area (Å²) in [5, 5.41) is 2.89. The fourth-order valence-electron chi connectivity index (χ4n) is 3.08. The van der Waals surface area contributed by atoms with Crippen molar-refractivity contribution >= 4 is 43.7 Å². The summed E-state index contributed by atoms with van der Waals surface area (Å²) in [5.74, 6) is 0.140. The number of nitrogens with zero attached hydrogens (tertiary/aromatic N) is 1. The van der Waals surface area contributed by atoms with E-state index in [1.165, 1.54) is 5.56 Å². The van der Waals surface area contributed by atoms with Gasteiger partial charge in [-0.3, -0.25) is 9.59 Å². The van der Waals surface area contributed by atoms with Gasteiger partial charge in [-0.25, -0.2) is 0 Å². The molecule has 2 aromatic rings. The summed E-state index contributed by atoms with van der Waals surface area (Å²) in [6.07, 6.45) is 0. The third kappa shape index (κ3) is 7.62. The van der Waals surface area contributed by atoms with Crippen LogP contribution in [0.4, 0.5) is 0 Å². The van der Waals surface area contributed by atoms with E-state index in [-0.39, 0.29) is 29.9 Å². The maximum atomic E-state index is 13.2. The van der Waals surface area contributed by atoms with Crippen molar-refractivity contribution in [2.45, 2.75) is 65.6 Å². The Bertz CT molecular complexity index is 937. The largest absolute Gasteiger partial charge is 0.483 e. The molecule has 0 bridgehead atoms. The molecule has 0 heterocycles. The van der Waals surface area contributed by atoms with Gasteiger partial charge in [0.15, 0.2) is 6.61 Å². The predicted molar refractivity (Wildman–Crippen MR) is 136 cm³/mol. The zero-order chi connectivity index (χ0) is 24.1. The Morgan fingerprint density at radius 2 is 1.66 bits per heavy atom. The number of carbonyl (C=O) groups excluding carboxylic acids is 2. The predicted octanol–water partition coefficient (Wildman–Crippen LogP) is 5.83. The lowest BCUT2D eigenvalue weighted by Gasteiger charge is -2.29. The van der Waals surface area contributed by atoms with Crippen LogP contribution in [-0.4, -0.2) is 35.4 Å². The summed E-state index contributed by atoms with van der Waals surface area (Å²) < 4.78 is 7.59. The molecule has 1 atom stereocenters. The van der Waals surface area contributed by atoms with Crippen molar-refractivity contribution in [1.29, 1.82) is 0 Å². The molecule has 2 rings (SSSR count). The molecule has 7 heteroatoms. The number of amides is 2. The first-order valence-electron chi connectivity index (χ1n) is 10.7. The summed E-state index contributed by atoms with van der Waals surface area (Å²) in [7, 11) is 0. The number of nitrogens with one attached hydrogen (secondary N) is 1. The summed E-state index contributed by atoms with van der Waals surface area (Å²) in [4.78, 5) is 27.4. The molecule has 2 amide bonds. The number of benzene rings is 2. The van der Waals surface area contributed by atoms with E-state index < -0.39 is 6.04 Å². The van der Waals surface area contributed by atoms with E-state index in [1.54, 1.807) is 11.8 Å². The topological polar surface area (TPSA) is 58.6 Å². The normalized spacial score (nSPS) is 12.4. The molecule has 1 N–H and O–H groups in total. The van der Waals surface area contributed by atoms with Crippen molar-refractivity contribution in [1.82, 2.24) is 10.2 Å². The molecule has 5 nitrogen and oxygen atoms in total. The van der Waals surface area contributed by atoms with Crippen molar-refractivity contribution in [3.8, 4) is 5.75 Å². The number of rotatable bonds is 8. The van der Waals surface area contributed by atoms with Crippen LogP contribution in [-0.2, 0) is 21.5 Å². The van der Waals surface area contributed by atoms with Gasteiger partial charge in [0, 0.05) is 17.1 Å². The summed E-state index contributed by atoms with van der Waals surface area (Å²) >= 11 is 6.97. The smallest absolute Gasteiger partial charge is 0.261 e. The van der Waals surface area contributed by atoms with E-state index in [0.29, 0.717) is 12.3 Å². The fraction of sp³-hybridized carbons (Fsp3) is 0.440. The van der Waals surface area contributed by atoms with E-state index in [4.69, 9.17) is 4.74 Å². The number of hydrogen-bond donors (Lipinski definition) is 1. The van der Waals surface area contributed by atoms with Gasteiger partial charge in [0.1, 0.15) is 11.8 Å². The van der Waals surface area contributed by atoms with Gasteiger partial charge < -0.3 is 15.0 Å². The molecule has 1 unspecified atom stereocenters. The van der Waals surface area contributed by atoms with E-state index in [9.17, 15) is 9.59 Å². The van der Waals surface area contributed by atoms with Crippen LogP contribution in [0.2, 0.25) is 0 Å². The van der Waals surface area contributed by atoms with Gasteiger partial charge in [0.2, 0.25) is 5.91 Å². The van der Waals surface area contributed by atoms with Crippen molar-refractivity contribution in [2.75, 3.05) is 6.61 Å². The lowest BCUT2D eigenvalue weighted by molar-refractivity contribution is -0.142. The number of halogens is 2. The molecule has 0 aliphatic heterocycles. The summed E-state index contributed by atoms with van der Waals surface area (Å²) in [6, 6.07) is 12.9. The van der Waals surface area contributed by atoms with Crippen molar-refractivity contribution in [3.05, 3.63) is 62.5 Å². The zero-order valence-corrected chi connectivity index (χ0v) is 22.7. The van der Waals surface area contributed by atoms with Crippen molar-refractivity contribution in [3.63, 3.8) is 0 Å². The van der Waals surface area contributed by atoms with Gasteiger partial charge >= 0.3 is 0 Å². The Labute approximate surface area is 208 Å². The number of hydrogen-bond acceptors (Lipinski definition) is 3. The van der Waals surface area contributed by atoms with Crippen LogP contribution >= 0.6 is 31.9 Å². The van der Waals surface area contributed by atoms with Crippen LogP contribution in [0.15, 0.2) is 51.4 Å². The van der Waals surface area contributed by atoms with Crippen LogP contribution in [0.3, 0.4) is 0 Å². The van der Waals surface area contributed by atoms with E-state index in [0.717, 1.165) is 14.5 Å². The minimum Gasteiger partial charge on any atom is -0.483 e. The van der Waals surface area contributed by atoms with Gasteiger partial charge in [-0.1, -0.05) is 54.9 Å². The highest BCUT2D eigenvalue weighted by atomic mass is 79.9. The Hall–Kier alpha value is -1.86. The Morgan fingerprint density at radius 1 is 1.03 bits per heavy atom. The van der Waals surface area contributed by atoms with Crippen molar-refractivity contribution in [2.24, 2.45) is 0 Å². The molecule has 32 heavy (non-hydrogen) atoms. The highest BCUT2D eigenvalue weighted by Crippen LogP contribution is 2.31. The van der Waals surface area contributed by atoms with Gasteiger partial charge in [-0.2, -0.15) is 0 Å². The molecule has 0 aromatic heterocycles. The molecule has 174 valence electrons. The Morgan fingerprint density at radius 3 is 2.19 bits per heavy atom. The maximum Gasteiger partial charge on any atom is 0.261 e. The number of carbonyl (C=O) groups is 2. The fourth-order valence-corrected chi connectivity index (χ4v) is 3.84. The molecule has 0 fully saturated rings. The lowest BCUT2D eigenvalue weighted by atomic mass is 9.87. The minimum atomic E-state index is -0.635. The van der Waals surface area contributed by atoms with Crippen LogP contribution in [0.25, 0.3) is 0 Å². The van der Waals surface area contributed by atoms with Crippen LogP contribution < -0.4 is 10.1 Å². The maximum absolute atomic E-state index is 13.2. The second kappa shape index (κ2) is 11.3. The molecular formula is C25H32Br2N2O3. The quantitative estimate of drug-likeness (QED) is 0.436. The van der Waals surface area contributed by atoms with E-state index in [1.807, 2.05) is 56.3 Å². The molecule has 0 radical (unpaired) electrons. The first kappa shape index (κ1) is 26.4. The van der Waals surface area contributed by atoms with Gasteiger partial charge in [0.05, 0.1) is 4.47 Å². The lowest BCUT2D eigenvalue weighted by Crippen LogP contribution is -2.50. The minimum absolute atomic E-state index is 0.0110. The second-order valence-electron chi connectivity index (χ2n) is 9.17. The first-order chi connectivity index (χ1) is 14.9. The van der Waals surface area contributed by atoms with Gasteiger partial charge in [0.25, 0.3) is 5.91 Å². The summed E-state index contributed by atoms with van der Waals surface area (Å²) in [5.41, 5.74) is 2.11. The number of ether oxygens (including phenoxy) is 1. The SMILES string of the molecule is CC(C)NC(=O)C(C)N(Cc1ccc(Br)cc1)C(=O)COc1ccc(C(C)(C)C)cc1Br. The average molecular weight is 568 g/mol. The zero-order valence-electron chi connectivity index (χ0n) is 19.5. The first-order valence-corrected chi connectivity index (χ1v) is 12.2. The molecule has 0 aliphatic carbocycles. The van der Waals surface area contributed by atoms with Crippen LogP contribution in [0.5, 0.6) is 5.75 Å². The molecule has 0 aliphatic rings.